The maximum atomic E-state index is 8.62. The van der Waals surface area contributed by atoms with E-state index < -0.39 is 6.29 Å². The number of benzene rings is 1. The van der Waals surface area contributed by atoms with Gasteiger partial charge < -0.3 is 14.9 Å². The molecule has 2 N–H and O–H groups in total. The van der Waals surface area contributed by atoms with E-state index in [0.717, 1.165) is 6.42 Å². The Morgan fingerprint density at radius 2 is 1.73 bits per heavy atom. The Balaban J connectivity index is 2.49. The van der Waals surface area contributed by atoms with Crippen LogP contribution >= 0.6 is 0 Å². The monoisotopic (exact) mass is 210 g/mol. The molecule has 3 nitrogen and oxygen atoms in total. The topological polar surface area (TPSA) is 49.7 Å². The highest BCUT2D eigenvalue weighted by Crippen LogP contribution is 2.14. The molecule has 15 heavy (non-hydrogen) atoms. The van der Waals surface area contributed by atoms with E-state index in [9.17, 15) is 0 Å². The van der Waals surface area contributed by atoms with Crippen LogP contribution in [0.3, 0.4) is 0 Å². The van der Waals surface area contributed by atoms with Crippen LogP contribution < -0.4 is 4.74 Å². The fourth-order valence-electron chi connectivity index (χ4n) is 1.36. The van der Waals surface area contributed by atoms with Gasteiger partial charge in [0.1, 0.15) is 12.4 Å². The lowest BCUT2D eigenvalue weighted by Gasteiger charge is -2.09. The standard InChI is InChI=1S/C12H18O3/c1-9(2)7-10-3-5-11(6-4-10)15-8-12(13)14/h3-6,9,12-14H,7-8H2,1-2H3. The summed E-state index contributed by atoms with van der Waals surface area (Å²) in [5, 5.41) is 17.2. The molecule has 1 aromatic rings. The molecule has 0 fully saturated rings. The van der Waals surface area contributed by atoms with Crippen molar-refractivity contribution in [1.82, 2.24) is 0 Å². The first-order valence-corrected chi connectivity index (χ1v) is 5.16. The number of rotatable bonds is 5. The summed E-state index contributed by atoms with van der Waals surface area (Å²) >= 11 is 0. The van der Waals surface area contributed by atoms with Gasteiger partial charge >= 0.3 is 0 Å². The highest BCUT2D eigenvalue weighted by atomic mass is 16.5. The van der Waals surface area contributed by atoms with Crippen LogP contribution in [0.15, 0.2) is 24.3 Å². The summed E-state index contributed by atoms with van der Waals surface area (Å²) in [6.45, 7) is 4.25. The Hall–Kier alpha value is -1.06. The quantitative estimate of drug-likeness (QED) is 0.725. The molecule has 84 valence electrons. The second-order valence-electron chi connectivity index (χ2n) is 4.03. The van der Waals surface area contributed by atoms with Gasteiger partial charge in [-0.2, -0.15) is 0 Å². The van der Waals surface area contributed by atoms with Gasteiger partial charge in [0.2, 0.25) is 0 Å². The van der Waals surface area contributed by atoms with Gasteiger partial charge in [0, 0.05) is 0 Å². The fourth-order valence-corrected chi connectivity index (χ4v) is 1.36. The molecule has 3 heteroatoms. The summed E-state index contributed by atoms with van der Waals surface area (Å²) in [5.74, 6) is 1.30. The maximum Gasteiger partial charge on any atom is 0.186 e. The minimum atomic E-state index is -1.42. The number of hydrogen-bond acceptors (Lipinski definition) is 3. The first-order chi connectivity index (χ1) is 7.08. The fraction of sp³-hybridized carbons (Fsp3) is 0.500. The molecule has 0 saturated carbocycles. The van der Waals surface area contributed by atoms with Crippen LogP contribution in [0.4, 0.5) is 0 Å². The van der Waals surface area contributed by atoms with E-state index in [4.69, 9.17) is 14.9 Å². The van der Waals surface area contributed by atoms with E-state index in [2.05, 4.69) is 13.8 Å². The van der Waals surface area contributed by atoms with Gasteiger partial charge in [0.25, 0.3) is 0 Å². The predicted molar refractivity (Wildman–Crippen MR) is 58.7 cm³/mol. The third kappa shape index (κ3) is 4.81. The Kier molecular flexibility index (Phi) is 4.59. The van der Waals surface area contributed by atoms with E-state index >= 15 is 0 Å². The first-order valence-electron chi connectivity index (χ1n) is 5.16. The molecular weight excluding hydrogens is 192 g/mol. The maximum absolute atomic E-state index is 8.62. The molecule has 0 saturated heterocycles. The molecule has 1 aromatic carbocycles. The SMILES string of the molecule is CC(C)Cc1ccc(OCC(O)O)cc1. The van der Waals surface area contributed by atoms with Crippen molar-refractivity contribution in [3.05, 3.63) is 29.8 Å². The second kappa shape index (κ2) is 5.73. The van der Waals surface area contributed by atoms with Crippen molar-refractivity contribution in [2.75, 3.05) is 6.61 Å². The second-order valence-corrected chi connectivity index (χ2v) is 4.03. The average molecular weight is 210 g/mol. The molecule has 1 rings (SSSR count). The molecule has 0 aliphatic carbocycles. The zero-order valence-corrected chi connectivity index (χ0v) is 9.18. The van der Waals surface area contributed by atoms with Crippen molar-refractivity contribution < 1.29 is 14.9 Å². The molecule has 0 heterocycles. The van der Waals surface area contributed by atoms with E-state index in [0.29, 0.717) is 11.7 Å². The molecule has 0 unspecified atom stereocenters. The van der Waals surface area contributed by atoms with Gasteiger partial charge in [0.15, 0.2) is 6.29 Å². The van der Waals surface area contributed by atoms with E-state index in [1.807, 2.05) is 24.3 Å². The summed E-state index contributed by atoms with van der Waals surface area (Å²) in [6.07, 6.45) is -0.372. The van der Waals surface area contributed by atoms with Crippen molar-refractivity contribution in [3.63, 3.8) is 0 Å². The minimum absolute atomic E-state index is 0.0937. The molecular formula is C12H18O3. The number of aliphatic hydroxyl groups is 2. The van der Waals surface area contributed by atoms with Gasteiger partial charge in [-0.25, -0.2) is 0 Å². The van der Waals surface area contributed by atoms with Crippen LogP contribution in [0.2, 0.25) is 0 Å². The van der Waals surface area contributed by atoms with Crippen LogP contribution in [-0.2, 0) is 6.42 Å². The summed E-state index contributed by atoms with van der Waals surface area (Å²) < 4.78 is 5.13. The third-order valence-corrected chi connectivity index (χ3v) is 1.97. The minimum Gasteiger partial charge on any atom is -0.488 e. The number of hydrogen-bond donors (Lipinski definition) is 2. The molecule has 0 atom stereocenters. The molecule has 0 amide bonds. The average Bonchev–Trinajstić information content (AvgIpc) is 2.16. The molecule has 0 aromatic heterocycles. The Morgan fingerprint density at radius 1 is 1.13 bits per heavy atom. The van der Waals surface area contributed by atoms with Crippen molar-refractivity contribution in [2.24, 2.45) is 5.92 Å². The molecule has 0 aliphatic rings. The van der Waals surface area contributed by atoms with Crippen LogP contribution in [0, 0.1) is 5.92 Å². The van der Waals surface area contributed by atoms with Crippen LogP contribution in [0.1, 0.15) is 19.4 Å². The first kappa shape index (κ1) is 12.0. The number of ether oxygens (including phenoxy) is 1. The van der Waals surface area contributed by atoms with Gasteiger partial charge in [-0.15, -0.1) is 0 Å². The van der Waals surface area contributed by atoms with Gasteiger partial charge in [-0.1, -0.05) is 26.0 Å². The van der Waals surface area contributed by atoms with Crippen LogP contribution in [-0.4, -0.2) is 23.1 Å². The summed E-state index contributed by atoms with van der Waals surface area (Å²) in [6, 6.07) is 7.69. The summed E-state index contributed by atoms with van der Waals surface area (Å²) in [5.41, 5.74) is 1.27. The normalized spacial score (nSPS) is 11.1. The highest BCUT2D eigenvalue weighted by Gasteiger charge is 2.01. The lowest BCUT2D eigenvalue weighted by atomic mass is 10.0. The lowest BCUT2D eigenvalue weighted by molar-refractivity contribution is -0.0680. The molecule has 0 radical (unpaired) electrons. The zero-order chi connectivity index (χ0) is 11.3. The lowest BCUT2D eigenvalue weighted by Crippen LogP contribution is -2.15. The van der Waals surface area contributed by atoms with E-state index in [1.165, 1.54) is 5.56 Å². The smallest absolute Gasteiger partial charge is 0.186 e. The van der Waals surface area contributed by atoms with Crippen molar-refractivity contribution in [1.29, 1.82) is 0 Å². The van der Waals surface area contributed by atoms with E-state index in [-0.39, 0.29) is 6.61 Å². The Bertz CT molecular complexity index is 277. The van der Waals surface area contributed by atoms with Crippen LogP contribution in [0.25, 0.3) is 0 Å². The largest absolute Gasteiger partial charge is 0.488 e. The molecule has 0 spiro atoms. The molecule has 0 bridgehead atoms. The zero-order valence-electron chi connectivity index (χ0n) is 9.18. The van der Waals surface area contributed by atoms with Gasteiger partial charge in [0.05, 0.1) is 0 Å². The number of aliphatic hydroxyl groups excluding tert-OH is 1. The Morgan fingerprint density at radius 3 is 2.20 bits per heavy atom. The van der Waals surface area contributed by atoms with Gasteiger partial charge in [-0.05, 0) is 30.0 Å². The van der Waals surface area contributed by atoms with Crippen molar-refractivity contribution in [2.45, 2.75) is 26.6 Å². The van der Waals surface area contributed by atoms with Crippen molar-refractivity contribution in [3.8, 4) is 5.75 Å². The van der Waals surface area contributed by atoms with Crippen molar-refractivity contribution >= 4 is 0 Å². The van der Waals surface area contributed by atoms with Gasteiger partial charge in [-0.3, -0.25) is 0 Å². The predicted octanol–water partition coefficient (Wildman–Crippen LogP) is 1.57. The van der Waals surface area contributed by atoms with Crippen LogP contribution in [0.5, 0.6) is 5.75 Å². The summed E-state index contributed by atoms with van der Waals surface area (Å²) in [4.78, 5) is 0. The van der Waals surface area contributed by atoms with E-state index in [1.54, 1.807) is 0 Å². The molecule has 0 aliphatic heterocycles. The summed E-state index contributed by atoms with van der Waals surface area (Å²) in [7, 11) is 0. The third-order valence-electron chi connectivity index (χ3n) is 1.97. The highest BCUT2D eigenvalue weighted by molar-refractivity contribution is 5.27. The Labute approximate surface area is 90.3 Å².